The van der Waals surface area contributed by atoms with E-state index in [0.29, 0.717) is 42.3 Å². The SMILES string of the molecule is CC(C)S(=O)(=O)N1CCC(CN(C)[C@H]2C3N(C)CC34Cc3ccc(O)cc3[C@@]2(C)C4)CC1. The molecule has 4 aliphatic rings. The summed E-state index contributed by atoms with van der Waals surface area (Å²) in [7, 11) is 1.38. The lowest BCUT2D eigenvalue weighted by Crippen LogP contribution is -2.66. The number of rotatable bonds is 5. The van der Waals surface area contributed by atoms with E-state index < -0.39 is 10.0 Å². The van der Waals surface area contributed by atoms with E-state index in [1.54, 1.807) is 18.2 Å². The topological polar surface area (TPSA) is 64.1 Å². The molecule has 1 aromatic carbocycles. The van der Waals surface area contributed by atoms with Gasteiger partial charge in [-0.3, -0.25) is 0 Å². The van der Waals surface area contributed by atoms with Crippen molar-refractivity contribution in [1.29, 1.82) is 0 Å². The second-order valence-corrected chi connectivity index (χ2v) is 14.1. The van der Waals surface area contributed by atoms with Crippen LogP contribution in [0.3, 0.4) is 0 Å². The van der Waals surface area contributed by atoms with E-state index in [4.69, 9.17) is 0 Å². The number of benzene rings is 1. The maximum atomic E-state index is 12.5. The van der Waals surface area contributed by atoms with Gasteiger partial charge in [0.15, 0.2) is 0 Å². The first-order valence-electron chi connectivity index (χ1n) is 12.2. The lowest BCUT2D eigenvalue weighted by Gasteiger charge is -2.55. The first kappa shape index (κ1) is 22.6. The number of piperidine rings is 1. The Bertz CT molecular complexity index is 1000. The molecule has 32 heavy (non-hydrogen) atoms. The van der Waals surface area contributed by atoms with Crippen molar-refractivity contribution in [2.45, 2.75) is 69.2 Å². The van der Waals surface area contributed by atoms with Gasteiger partial charge < -0.3 is 14.9 Å². The molecule has 7 heteroatoms. The van der Waals surface area contributed by atoms with Crippen molar-refractivity contribution >= 4 is 10.0 Å². The smallest absolute Gasteiger partial charge is 0.216 e. The van der Waals surface area contributed by atoms with Gasteiger partial charge in [-0.2, -0.15) is 0 Å². The second kappa shape index (κ2) is 7.42. The van der Waals surface area contributed by atoms with Gasteiger partial charge in [0, 0.05) is 49.1 Å². The Hall–Kier alpha value is -1.15. The predicted octanol–water partition coefficient (Wildman–Crippen LogP) is 2.66. The molecular weight excluding hydrogens is 422 g/mol. The molecule has 1 saturated carbocycles. The molecule has 1 aromatic rings. The van der Waals surface area contributed by atoms with Crippen LogP contribution in [-0.2, 0) is 21.9 Å². The largest absolute Gasteiger partial charge is 0.508 e. The van der Waals surface area contributed by atoms with E-state index in [9.17, 15) is 13.5 Å². The van der Waals surface area contributed by atoms with Crippen molar-refractivity contribution in [3.63, 3.8) is 0 Å². The third-order valence-electron chi connectivity index (χ3n) is 9.14. The number of sulfonamides is 1. The van der Waals surface area contributed by atoms with Gasteiger partial charge in [0.2, 0.25) is 10.0 Å². The van der Waals surface area contributed by atoms with E-state index in [1.165, 1.54) is 17.5 Å². The Morgan fingerprint density at radius 1 is 1.25 bits per heavy atom. The molecule has 3 fully saturated rings. The highest BCUT2D eigenvalue weighted by molar-refractivity contribution is 7.89. The maximum Gasteiger partial charge on any atom is 0.216 e. The van der Waals surface area contributed by atoms with Crippen LogP contribution in [0.15, 0.2) is 18.2 Å². The minimum Gasteiger partial charge on any atom is -0.508 e. The summed E-state index contributed by atoms with van der Waals surface area (Å²) in [4.78, 5) is 5.12. The van der Waals surface area contributed by atoms with Crippen molar-refractivity contribution < 1.29 is 13.5 Å². The van der Waals surface area contributed by atoms with Crippen LogP contribution in [0, 0.1) is 11.3 Å². The zero-order valence-electron chi connectivity index (χ0n) is 20.2. The first-order chi connectivity index (χ1) is 15.0. The third kappa shape index (κ3) is 3.18. The third-order valence-corrected chi connectivity index (χ3v) is 11.4. The highest BCUT2D eigenvalue weighted by Crippen LogP contribution is 2.64. The highest BCUT2D eigenvalue weighted by atomic mass is 32.2. The molecule has 2 aliphatic carbocycles. The molecule has 2 saturated heterocycles. The van der Waals surface area contributed by atoms with E-state index in [0.717, 1.165) is 32.4 Å². The average molecular weight is 462 g/mol. The number of phenols is 1. The Labute approximate surface area is 193 Å². The predicted molar refractivity (Wildman–Crippen MR) is 127 cm³/mol. The van der Waals surface area contributed by atoms with E-state index >= 15 is 0 Å². The molecule has 178 valence electrons. The number of hydrogen-bond donors (Lipinski definition) is 1. The van der Waals surface area contributed by atoms with Crippen molar-refractivity contribution in [3.8, 4) is 5.75 Å². The summed E-state index contributed by atoms with van der Waals surface area (Å²) in [5, 5.41) is 9.92. The Balaban J connectivity index is 1.36. The fraction of sp³-hybridized carbons (Fsp3) is 0.760. The second-order valence-electron chi connectivity index (χ2n) is 11.7. The molecule has 1 N–H and O–H groups in total. The molecule has 0 aromatic heterocycles. The molecule has 5 rings (SSSR count). The Morgan fingerprint density at radius 3 is 2.56 bits per heavy atom. The number of aromatic hydroxyl groups is 1. The monoisotopic (exact) mass is 461 g/mol. The molecule has 2 unspecified atom stereocenters. The first-order valence-corrected chi connectivity index (χ1v) is 13.7. The van der Waals surface area contributed by atoms with Gasteiger partial charge in [-0.05, 0) is 82.8 Å². The molecular formula is C25H39N3O3S. The summed E-state index contributed by atoms with van der Waals surface area (Å²) in [5.41, 5.74) is 3.12. The Kier molecular flexibility index (Phi) is 5.25. The molecule has 1 spiro atoms. The summed E-state index contributed by atoms with van der Waals surface area (Å²) < 4.78 is 26.8. The van der Waals surface area contributed by atoms with Crippen LogP contribution in [-0.4, -0.2) is 85.2 Å². The zero-order chi connectivity index (χ0) is 23.1. The summed E-state index contributed by atoms with van der Waals surface area (Å²) in [6.45, 7) is 9.41. The van der Waals surface area contributed by atoms with Crippen LogP contribution in [0.25, 0.3) is 0 Å². The number of likely N-dealkylation sites (N-methyl/N-ethyl adjacent to an activating group) is 2. The normalized spacial score (nSPS) is 35.7. The molecule has 2 aliphatic heterocycles. The lowest BCUT2D eigenvalue weighted by molar-refractivity contribution is -0.0604. The summed E-state index contributed by atoms with van der Waals surface area (Å²) in [5.74, 6) is 0.890. The number of fused-ring (bicyclic) bond motifs is 3. The van der Waals surface area contributed by atoms with Crippen molar-refractivity contribution in [2.75, 3.05) is 40.3 Å². The van der Waals surface area contributed by atoms with Crippen molar-refractivity contribution in [3.05, 3.63) is 29.3 Å². The van der Waals surface area contributed by atoms with Crippen LogP contribution in [0.5, 0.6) is 5.75 Å². The van der Waals surface area contributed by atoms with Gasteiger partial charge >= 0.3 is 0 Å². The summed E-state index contributed by atoms with van der Waals surface area (Å²) in [6.07, 6.45) is 4.17. The lowest BCUT2D eigenvalue weighted by atomic mass is 9.63. The molecule has 0 amide bonds. The fourth-order valence-electron chi connectivity index (χ4n) is 7.96. The maximum absolute atomic E-state index is 12.5. The van der Waals surface area contributed by atoms with Crippen LogP contribution in [0.4, 0.5) is 0 Å². The molecule has 4 atom stereocenters. The van der Waals surface area contributed by atoms with Gasteiger partial charge in [0.25, 0.3) is 0 Å². The number of nitrogens with zero attached hydrogens (tertiary/aromatic N) is 3. The van der Waals surface area contributed by atoms with Crippen LogP contribution in [0.1, 0.15) is 51.2 Å². The highest BCUT2D eigenvalue weighted by Gasteiger charge is 2.69. The summed E-state index contributed by atoms with van der Waals surface area (Å²) >= 11 is 0. The van der Waals surface area contributed by atoms with Crippen LogP contribution >= 0.6 is 0 Å². The van der Waals surface area contributed by atoms with Crippen molar-refractivity contribution in [1.82, 2.24) is 14.1 Å². The van der Waals surface area contributed by atoms with Crippen molar-refractivity contribution in [2.24, 2.45) is 11.3 Å². The molecule has 2 bridgehead atoms. The van der Waals surface area contributed by atoms with Gasteiger partial charge in [0.05, 0.1) is 5.25 Å². The number of hydrogen-bond acceptors (Lipinski definition) is 5. The standard InChI is InChI=1S/C25H39N3O3S/c1-17(2)32(30,31)28-10-8-18(9-11-28)14-26(4)22-23-25(16-27(23)5)13-19-6-7-20(29)12-21(19)24(22,3)15-25/h6-7,12,17-18,22-23,29H,8-11,13-16H2,1-5H3/t22-,23?,24+,25?/m0/s1. The average Bonchev–Trinajstić information content (AvgIpc) is 2.90. The summed E-state index contributed by atoms with van der Waals surface area (Å²) in [6, 6.07) is 6.95. The number of likely N-dealkylation sites (tertiary alicyclic amines) is 1. The van der Waals surface area contributed by atoms with Gasteiger partial charge in [-0.15, -0.1) is 0 Å². The van der Waals surface area contributed by atoms with E-state index in [2.05, 4.69) is 36.9 Å². The van der Waals surface area contributed by atoms with Crippen LogP contribution in [0.2, 0.25) is 0 Å². The van der Waals surface area contributed by atoms with Gasteiger partial charge in [0.1, 0.15) is 5.75 Å². The minimum absolute atomic E-state index is 0.0260. The molecule has 2 heterocycles. The van der Waals surface area contributed by atoms with Crippen LogP contribution < -0.4 is 0 Å². The zero-order valence-corrected chi connectivity index (χ0v) is 21.0. The fourth-order valence-corrected chi connectivity index (χ4v) is 9.28. The number of phenolic OH excluding ortho intramolecular Hbond substituents is 1. The van der Waals surface area contributed by atoms with Gasteiger partial charge in [-0.1, -0.05) is 13.0 Å². The molecule has 6 nitrogen and oxygen atoms in total. The Morgan fingerprint density at radius 2 is 1.94 bits per heavy atom. The minimum atomic E-state index is -3.15. The molecule has 0 radical (unpaired) electrons. The van der Waals surface area contributed by atoms with Gasteiger partial charge in [-0.25, -0.2) is 12.7 Å². The quantitative estimate of drug-likeness (QED) is 0.730. The van der Waals surface area contributed by atoms with E-state index in [-0.39, 0.29) is 10.7 Å². The van der Waals surface area contributed by atoms with E-state index in [1.807, 2.05) is 12.1 Å².